The minimum atomic E-state index is 0.207. The molecule has 0 unspecified atom stereocenters. The van der Waals surface area contributed by atoms with Crippen LogP contribution in [0.3, 0.4) is 0 Å². The van der Waals surface area contributed by atoms with Crippen LogP contribution in [0.2, 0.25) is 5.28 Å². The highest BCUT2D eigenvalue weighted by Crippen LogP contribution is 2.27. The predicted octanol–water partition coefficient (Wildman–Crippen LogP) is 2.91. The van der Waals surface area contributed by atoms with Gasteiger partial charge in [0, 0.05) is 0 Å². The van der Waals surface area contributed by atoms with E-state index in [9.17, 15) is 0 Å². The highest BCUT2D eigenvalue weighted by Gasteiger charge is 2.07. The summed E-state index contributed by atoms with van der Waals surface area (Å²) in [5, 5.41) is 3.02. The molecule has 2 aromatic rings. The summed E-state index contributed by atoms with van der Waals surface area (Å²) in [5.74, 6) is 0.515. The highest BCUT2D eigenvalue weighted by atomic mass is 35.5. The fraction of sp³-hybridized carbons (Fsp3) is 0.111. The van der Waals surface area contributed by atoms with Crippen molar-refractivity contribution in [3.05, 3.63) is 29.4 Å². The number of nitrogens with zero attached hydrogens (tertiary/aromatic N) is 2. The number of hydrogen-bond donors (Lipinski definition) is 0. The van der Waals surface area contributed by atoms with E-state index >= 15 is 0 Å². The Morgan fingerprint density at radius 1 is 1.57 bits per heavy atom. The Labute approximate surface area is 90.0 Å². The normalized spacial score (nSPS) is 10.4. The van der Waals surface area contributed by atoms with Gasteiger partial charge in [-0.3, -0.25) is 0 Å². The first kappa shape index (κ1) is 9.43. The summed E-state index contributed by atoms with van der Waals surface area (Å²) in [6.45, 7) is 3.98. The minimum Gasteiger partial charge on any atom is -0.473 e. The van der Waals surface area contributed by atoms with Gasteiger partial charge in [0.15, 0.2) is 0 Å². The monoisotopic (exact) mass is 226 g/mol. The number of halogens is 1. The van der Waals surface area contributed by atoms with Crippen LogP contribution in [0, 0.1) is 0 Å². The first-order valence-corrected chi connectivity index (χ1v) is 5.21. The number of hydrogen-bond acceptors (Lipinski definition) is 4. The van der Waals surface area contributed by atoms with Crippen LogP contribution >= 0.6 is 22.9 Å². The van der Waals surface area contributed by atoms with Crippen molar-refractivity contribution in [2.45, 2.75) is 0 Å². The topological polar surface area (TPSA) is 35.0 Å². The molecule has 0 fully saturated rings. The highest BCUT2D eigenvalue weighted by molar-refractivity contribution is 7.16. The van der Waals surface area contributed by atoms with Crippen LogP contribution in [0.4, 0.5) is 0 Å². The lowest BCUT2D eigenvalue weighted by Gasteiger charge is -2.02. The molecule has 2 rings (SSSR count). The van der Waals surface area contributed by atoms with Crippen molar-refractivity contribution >= 4 is 33.2 Å². The number of ether oxygens (including phenoxy) is 1. The number of fused-ring (bicyclic) bond motifs is 1. The molecule has 0 spiro atoms. The van der Waals surface area contributed by atoms with E-state index in [1.807, 2.05) is 11.4 Å². The maximum atomic E-state index is 5.74. The SMILES string of the molecule is C=CCOc1nc(Cl)nc2sccc12. The summed E-state index contributed by atoms with van der Waals surface area (Å²) in [5.41, 5.74) is 0. The Morgan fingerprint density at radius 3 is 3.21 bits per heavy atom. The molecule has 3 nitrogen and oxygen atoms in total. The molecule has 0 aliphatic carbocycles. The molecule has 5 heteroatoms. The van der Waals surface area contributed by atoms with E-state index in [2.05, 4.69) is 16.5 Å². The van der Waals surface area contributed by atoms with Gasteiger partial charge in [0.05, 0.1) is 5.39 Å². The summed E-state index contributed by atoms with van der Waals surface area (Å²) in [6.07, 6.45) is 1.66. The molecule has 0 saturated carbocycles. The molecule has 0 radical (unpaired) electrons. The number of rotatable bonds is 3. The zero-order chi connectivity index (χ0) is 9.97. The van der Waals surface area contributed by atoms with Crippen molar-refractivity contribution in [3.63, 3.8) is 0 Å². The minimum absolute atomic E-state index is 0.207. The first-order valence-electron chi connectivity index (χ1n) is 3.95. The average Bonchev–Trinajstić information content (AvgIpc) is 2.61. The second-order valence-corrected chi connectivity index (χ2v) is 3.77. The van der Waals surface area contributed by atoms with E-state index in [0.717, 1.165) is 10.2 Å². The molecule has 2 heterocycles. The van der Waals surface area contributed by atoms with Crippen LogP contribution in [0.1, 0.15) is 0 Å². The molecule has 0 N–H and O–H groups in total. The Kier molecular flexibility index (Phi) is 2.65. The number of thiophene rings is 1. The van der Waals surface area contributed by atoms with Crippen LogP contribution in [0.15, 0.2) is 24.1 Å². The van der Waals surface area contributed by atoms with Crippen molar-refractivity contribution < 1.29 is 4.74 Å². The predicted molar refractivity (Wildman–Crippen MR) is 58.1 cm³/mol. The summed E-state index contributed by atoms with van der Waals surface area (Å²) >= 11 is 7.25. The van der Waals surface area contributed by atoms with E-state index in [1.165, 1.54) is 11.3 Å². The zero-order valence-electron chi connectivity index (χ0n) is 7.24. The summed E-state index contributed by atoms with van der Waals surface area (Å²) in [7, 11) is 0. The quantitative estimate of drug-likeness (QED) is 0.596. The summed E-state index contributed by atoms with van der Waals surface area (Å²) in [6, 6.07) is 1.91. The lowest BCUT2D eigenvalue weighted by atomic mass is 10.4. The van der Waals surface area contributed by atoms with Gasteiger partial charge in [-0.15, -0.1) is 11.3 Å². The van der Waals surface area contributed by atoms with Crippen molar-refractivity contribution in [2.75, 3.05) is 6.61 Å². The molecular formula is C9H7ClN2OS. The Hall–Kier alpha value is -1.13. The first-order chi connectivity index (χ1) is 6.81. The van der Waals surface area contributed by atoms with Gasteiger partial charge in [-0.25, -0.2) is 4.98 Å². The Balaban J connectivity index is 2.49. The van der Waals surface area contributed by atoms with Crippen LogP contribution in [-0.4, -0.2) is 16.6 Å². The van der Waals surface area contributed by atoms with Crippen molar-refractivity contribution in [2.24, 2.45) is 0 Å². The Morgan fingerprint density at radius 2 is 2.43 bits per heavy atom. The van der Waals surface area contributed by atoms with Gasteiger partial charge in [-0.05, 0) is 23.0 Å². The molecule has 0 saturated heterocycles. The van der Waals surface area contributed by atoms with Crippen LogP contribution in [0.25, 0.3) is 10.2 Å². The van der Waals surface area contributed by atoms with E-state index in [0.29, 0.717) is 12.5 Å². The van der Waals surface area contributed by atoms with Crippen molar-refractivity contribution in [1.82, 2.24) is 9.97 Å². The lowest BCUT2D eigenvalue weighted by Crippen LogP contribution is -1.96. The van der Waals surface area contributed by atoms with Gasteiger partial charge >= 0.3 is 0 Å². The van der Waals surface area contributed by atoms with Gasteiger partial charge in [0.25, 0.3) is 0 Å². The molecular weight excluding hydrogens is 220 g/mol. The molecule has 0 amide bonds. The molecule has 0 aliphatic heterocycles. The molecule has 2 aromatic heterocycles. The number of aromatic nitrogens is 2. The standard InChI is InChI=1S/C9H7ClN2OS/c1-2-4-13-7-6-3-5-14-8(6)12-9(10)11-7/h2-3,5H,1,4H2. The maximum Gasteiger partial charge on any atom is 0.227 e. The largest absolute Gasteiger partial charge is 0.473 e. The van der Waals surface area contributed by atoms with E-state index < -0.39 is 0 Å². The third-order valence-corrected chi connectivity index (χ3v) is 2.58. The van der Waals surface area contributed by atoms with Crippen molar-refractivity contribution in [3.8, 4) is 5.88 Å². The average molecular weight is 227 g/mol. The van der Waals surface area contributed by atoms with E-state index in [-0.39, 0.29) is 5.28 Å². The van der Waals surface area contributed by atoms with Gasteiger partial charge in [0.1, 0.15) is 11.4 Å². The van der Waals surface area contributed by atoms with Gasteiger partial charge in [0.2, 0.25) is 11.2 Å². The Bertz CT molecular complexity index is 469. The molecule has 0 aromatic carbocycles. The van der Waals surface area contributed by atoms with Gasteiger partial charge < -0.3 is 4.74 Å². The fourth-order valence-corrected chi connectivity index (χ4v) is 2.02. The van der Waals surface area contributed by atoms with Crippen LogP contribution in [0.5, 0.6) is 5.88 Å². The molecule has 0 bridgehead atoms. The maximum absolute atomic E-state index is 5.74. The summed E-state index contributed by atoms with van der Waals surface area (Å²) in [4.78, 5) is 8.91. The molecule has 0 aliphatic rings. The zero-order valence-corrected chi connectivity index (χ0v) is 8.81. The molecule has 72 valence electrons. The van der Waals surface area contributed by atoms with Gasteiger partial charge in [-0.1, -0.05) is 12.7 Å². The van der Waals surface area contributed by atoms with E-state index in [1.54, 1.807) is 6.08 Å². The third-order valence-electron chi connectivity index (χ3n) is 1.60. The van der Waals surface area contributed by atoms with Crippen LogP contribution < -0.4 is 4.74 Å². The molecule has 0 atom stereocenters. The second kappa shape index (κ2) is 3.94. The molecule has 14 heavy (non-hydrogen) atoms. The third kappa shape index (κ3) is 1.71. The smallest absolute Gasteiger partial charge is 0.227 e. The fourth-order valence-electron chi connectivity index (χ4n) is 1.05. The summed E-state index contributed by atoms with van der Waals surface area (Å²) < 4.78 is 5.36. The lowest BCUT2D eigenvalue weighted by molar-refractivity contribution is 0.353. The second-order valence-electron chi connectivity index (χ2n) is 2.54. The van der Waals surface area contributed by atoms with Crippen molar-refractivity contribution in [1.29, 1.82) is 0 Å². The van der Waals surface area contributed by atoms with Gasteiger partial charge in [-0.2, -0.15) is 4.98 Å². The van der Waals surface area contributed by atoms with Crippen LogP contribution in [-0.2, 0) is 0 Å². The van der Waals surface area contributed by atoms with E-state index in [4.69, 9.17) is 16.3 Å².